The molecule has 0 radical (unpaired) electrons. The fraction of sp³-hybridized carbons (Fsp3) is 0.475. The molecule has 0 bridgehead atoms. The predicted octanol–water partition coefficient (Wildman–Crippen LogP) is 6.17. The van der Waals surface area contributed by atoms with Crippen LogP contribution in [0.1, 0.15) is 96.8 Å². The zero-order valence-corrected chi connectivity index (χ0v) is 33.8. The molecule has 22 heteroatoms. The molecule has 5 rings (SSSR count). The summed E-state index contributed by atoms with van der Waals surface area (Å²) < 4.78 is 97.5. The maximum Gasteiger partial charge on any atom is 0.416 e. The molecule has 9 N–H and O–H groups in total. The molecule has 0 saturated carbocycles. The molecule has 2 aliphatic heterocycles. The number of guanidine groups is 1. The molecule has 336 valence electrons. The van der Waals surface area contributed by atoms with Gasteiger partial charge in [0, 0.05) is 38.3 Å². The maximum atomic E-state index is 14.2. The number of unbranched alkanes of at least 4 members (excludes halogenated alkanes) is 4. The number of rotatable bonds is 19. The SMILES string of the molecule is CCCCCC(=O)Nc1cc(C(F)(F)F)cc(NC(=O)c2cc(C(=O)Nc3cc(C(F)(F)F)cc(N=CCCCCN=C(N)N)c3O[C@H]3CCNC3)ncn2)c1O[C@H]1CCNC1. The molecular weight excluding hydrogens is 828 g/mol. The van der Waals surface area contributed by atoms with Crippen molar-refractivity contribution < 1.29 is 50.2 Å². The number of benzene rings is 2. The van der Waals surface area contributed by atoms with E-state index in [2.05, 4.69) is 46.5 Å². The van der Waals surface area contributed by atoms with Gasteiger partial charge in [0.05, 0.1) is 28.2 Å². The number of halogens is 6. The Kier molecular flexibility index (Phi) is 16.4. The van der Waals surface area contributed by atoms with E-state index >= 15 is 0 Å². The standard InChI is InChI=1S/C40H49F6N11O5/c1-2-3-5-8-33(58)55-28-16-24(40(44,45)46)18-30(35(28)62-26-10-14-50-21-26)57-37(60)32-19-31(53-22-54-32)36(59)56-29-17-23(39(41,42)43)15-27(34(29)61-25-9-13-49-20-25)51-11-6-4-7-12-52-38(47)48/h11,15-19,22,25-26,49-50H,2-10,12-14,20-21H2,1H3,(H,55,58)(H,56,59)(H,57,60)(H4,47,48,52)/t25-,26-/m0/s1. The molecule has 2 aliphatic rings. The van der Waals surface area contributed by atoms with Crippen LogP contribution >= 0.6 is 0 Å². The van der Waals surface area contributed by atoms with Crippen molar-refractivity contribution >= 4 is 52.6 Å². The first kappa shape index (κ1) is 47.0. The van der Waals surface area contributed by atoms with Crippen molar-refractivity contribution in [1.29, 1.82) is 0 Å². The van der Waals surface area contributed by atoms with Crippen LogP contribution in [0.2, 0.25) is 0 Å². The number of ether oxygens (including phenoxy) is 2. The van der Waals surface area contributed by atoms with Crippen LogP contribution in [0, 0.1) is 0 Å². The van der Waals surface area contributed by atoms with E-state index in [-0.39, 0.29) is 35.3 Å². The van der Waals surface area contributed by atoms with Crippen molar-refractivity contribution in [3.8, 4) is 11.5 Å². The highest BCUT2D eigenvalue weighted by Gasteiger charge is 2.36. The average Bonchev–Trinajstić information content (AvgIpc) is 3.94. The van der Waals surface area contributed by atoms with Crippen LogP contribution in [-0.2, 0) is 17.1 Å². The number of aliphatic imine (C=N–C) groups is 2. The number of carbonyl (C=O) groups excluding carboxylic acids is 3. The summed E-state index contributed by atoms with van der Waals surface area (Å²) in [4.78, 5) is 56.2. The van der Waals surface area contributed by atoms with E-state index in [1.807, 2.05) is 6.92 Å². The summed E-state index contributed by atoms with van der Waals surface area (Å²) in [6.07, 6.45) is -3.97. The van der Waals surface area contributed by atoms with E-state index in [4.69, 9.17) is 20.9 Å². The quantitative estimate of drug-likeness (QED) is 0.0312. The first-order valence-corrected chi connectivity index (χ1v) is 20.1. The molecule has 2 saturated heterocycles. The third-order valence-electron chi connectivity index (χ3n) is 9.59. The van der Waals surface area contributed by atoms with Crippen LogP contribution in [0.3, 0.4) is 0 Å². The minimum atomic E-state index is -4.91. The van der Waals surface area contributed by atoms with Gasteiger partial charge in [-0.2, -0.15) is 26.3 Å². The van der Waals surface area contributed by atoms with Gasteiger partial charge >= 0.3 is 12.4 Å². The number of alkyl halides is 6. The third kappa shape index (κ3) is 13.7. The maximum absolute atomic E-state index is 14.2. The first-order valence-electron chi connectivity index (χ1n) is 20.1. The number of nitrogens with one attached hydrogen (secondary N) is 5. The number of amides is 3. The fourth-order valence-electron chi connectivity index (χ4n) is 6.43. The third-order valence-corrected chi connectivity index (χ3v) is 9.59. The summed E-state index contributed by atoms with van der Waals surface area (Å²) >= 11 is 0. The lowest BCUT2D eigenvalue weighted by Gasteiger charge is -2.22. The molecule has 1 aromatic heterocycles. The minimum absolute atomic E-state index is 0.0329. The van der Waals surface area contributed by atoms with Crippen molar-refractivity contribution in [2.24, 2.45) is 21.5 Å². The molecular formula is C40H49F6N11O5. The van der Waals surface area contributed by atoms with Crippen LogP contribution in [0.5, 0.6) is 11.5 Å². The van der Waals surface area contributed by atoms with Gasteiger partial charge in [-0.25, -0.2) is 9.97 Å². The second kappa shape index (κ2) is 21.7. The van der Waals surface area contributed by atoms with E-state index in [1.54, 1.807) is 0 Å². The molecule has 3 aromatic rings. The van der Waals surface area contributed by atoms with E-state index < -0.39 is 76.2 Å². The Labute approximate surface area is 353 Å². The van der Waals surface area contributed by atoms with E-state index in [9.17, 15) is 40.7 Å². The molecule has 3 heterocycles. The predicted molar refractivity (Wildman–Crippen MR) is 220 cm³/mol. The minimum Gasteiger partial charge on any atom is -0.485 e. The van der Waals surface area contributed by atoms with Crippen LogP contribution in [0.4, 0.5) is 49.1 Å². The average molecular weight is 878 g/mol. The number of aromatic nitrogens is 2. The molecule has 2 fully saturated rings. The number of nitrogens with zero attached hydrogens (tertiary/aromatic N) is 4. The zero-order chi connectivity index (χ0) is 44.9. The summed E-state index contributed by atoms with van der Waals surface area (Å²) in [5.74, 6) is -3.17. The molecule has 16 nitrogen and oxygen atoms in total. The summed E-state index contributed by atoms with van der Waals surface area (Å²) in [6, 6.07) is 3.77. The van der Waals surface area contributed by atoms with Gasteiger partial charge < -0.3 is 47.5 Å². The fourth-order valence-corrected chi connectivity index (χ4v) is 6.43. The van der Waals surface area contributed by atoms with Gasteiger partial charge in [-0.3, -0.25) is 24.4 Å². The smallest absolute Gasteiger partial charge is 0.416 e. The van der Waals surface area contributed by atoms with Gasteiger partial charge in [0.1, 0.15) is 35.6 Å². The van der Waals surface area contributed by atoms with Gasteiger partial charge in [0.15, 0.2) is 17.5 Å². The van der Waals surface area contributed by atoms with Crippen molar-refractivity contribution in [2.45, 2.75) is 89.3 Å². The van der Waals surface area contributed by atoms with E-state index in [1.165, 1.54) is 6.21 Å². The summed E-state index contributed by atoms with van der Waals surface area (Å²) in [7, 11) is 0. The Morgan fingerprint density at radius 3 is 1.85 bits per heavy atom. The summed E-state index contributed by atoms with van der Waals surface area (Å²) in [5, 5.41) is 13.5. The lowest BCUT2D eigenvalue weighted by atomic mass is 10.1. The molecule has 0 aliphatic carbocycles. The molecule has 3 amide bonds. The van der Waals surface area contributed by atoms with Gasteiger partial charge in [-0.1, -0.05) is 19.8 Å². The summed E-state index contributed by atoms with van der Waals surface area (Å²) in [6.45, 7) is 4.13. The van der Waals surface area contributed by atoms with E-state index in [0.717, 1.165) is 37.4 Å². The largest absolute Gasteiger partial charge is 0.485 e. The topological polar surface area (TPSA) is 232 Å². The van der Waals surface area contributed by atoms with Gasteiger partial charge in [-0.05, 0) is 75.9 Å². The number of carbonyl (C=O) groups is 3. The van der Waals surface area contributed by atoms with E-state index in [0.29, 0.717) is 83.4 Å². The molecule has 0 spiro atoms. The van der Waals surface area contributed by atoms with Crippen LogP contribution in [0.15, 0.2) is 46.6 Å². The normalized spacial score (nSPS) is 16.6. The lowest BCUT2D eigenvalue weighted by molar-refractivity contribution is -0.138. The highest BCUT2D eigenvalue weighted by atomic mass is 19.4. The van der Waals surface area contributed by atoms with Crippen LogP contribution in [0.25, 0.3) is 0 Å². The number of nitrogens with two attached hydrogens (primary N) is 2. The number of hydrogen-bond donors (Lipinski definition) is 7. The highest BCUT2D eigenvalue weighted by molar-refractivity contribution is 6.08. The Hall–Kier alpha value is -6.03. The summed E-state index contributed by atoms with van der Waals surface area (Å²) in [5.41, 5.74) is 5.99. The Morgan fingerprint density at radius 2 is 1.32 bits per heavy atom. The monoisotopic (exact) mass is 877 g/mol. The highest BCUT2D eigenvalue weighted by Crippen LogP contribution is 2.44. The Balaban J connectivity index is 1.45. The van der Waals surface area contributed by atoms with Crippen molar-refractivity contribution in [1.82, 2.24) is 20.6 Å². The lowest BCUT2D eigenvalue weighted by Crippen LogP contribution is -2.24. The molecule has 2 atom stereocenters. The van der Waals surface area contributed by atoms with Crippen molar-refractivity contribution in [3.05, 3.63) is 59.2 Å². The Morgan fingerprint density at radius 1 is 0.774 bits per heavy atom. The molecule has 62 heavy (non-hydrogen) atoms. The van der Waals surface area contributed by atoms with Gasteiger partial charge in [0.25, 0.3) is 11.8 Å². The second-order valence-corrected chi connectivity index (χ2v) is 14.5. The molecule has 0 unspecified atom stereocenters. The van der Waals surface area contributed by atoms with Crippen molar-refractivity contribution in [3.63, 3.8) is 0 Å². The molecule has 2 aromatic carbocycles. The number of anilines is 3. The number of hydrogen-bond acceptors (Lipinski definition) is 11. The van der Waals surface area contributed by atoms with Crippen LogP contribution in [-0.4, -0.2) is 84.8 Å². The van der Waals surface area contributed by atoms with Gasteiger partial charge in [0.2, 0.25) is 5.91 Å². The Bertz CT molecular complexity index is 2100. The van der Waals surface area contributed by atoms with Gasteiger partial charge in [-0.15, -0.1) is 0 Å². The van der Waals surface area contributed by atoms with Crippen molar-refractivity contribution in [2.75, 3.05) is 48.7 Å². The van der Waals surface area contributed by atoms with Crippen LogP contribution < -0.4 is 47.5 Å². The zero-order valence-electron chi connectivity index (χ0n) is 33.8. The second-order valence-electron chi connectivity index (χ2n) is 14.5. The first-order chi connectivity index (χ1) is 29.5.